The molecule has 1 saturated heterocycles. The fraction of sp³-hybridized carbons (Fsp3) is 0.333. The minimum absolute atomic E-state index is 0.115. The van der Waals surface area contributed by atoms with Crippen LogP contribution in [0.15, 0.2) is 17.8 Å². The molecule has 0 atom stereocenters. The molecule has 0 unspecified atom stereocenters. The highest BCUT2D eigenvalue weighted by Gasteiger charge is 2.29. The number of carbonyl (C=O) groups excluding carboxylic acids is 1. The maximum atomic E-state index is 12.2. The van der Waals surface area contributed by atoms with Crippen molar-refractivity contribution in [2.45, 2.75) is 13.8 Å². The molecule has 1 N–H and O–H groups in total. The van der Waals surface area contributed by atoms with E-state index in [4.69, 9.17) is 21.7 Å². The first-order valence-corrected chi connectivity index (χ1v) is 8.35. The van der Waals surface area contributed by atoms with Gasteiger partial charge in [-0.25, -0.2) is 0 Å². The summed E-state index contributed by atoms with van der Waals surface area (Å²) in [7, 11) is 1.60. The first-order valence-electron chi connectivity index (χ1n) is 6.86. The van der Waals surface area contributed by atoms with Gasteiger partial charge in [0.15, 0.2) is 16.6 Å². The predicted molar refractivity (Wildman–Crippen MR) is 98.0 cm³/mol. The number of benzene rings is 1. The van der Waals surface area contributed by atoms with E-state index in [1.165, 1.54) is 4.90 Å². The number of ether oxygens (including phenoxy) is 2. The van der Waals surface area contributed by atoms with Crippen molar-refractivity contribution in [1.82, 2.24) is 10.2 Å². The lowest BCUT2D eigenvalue weighted by Crippen LogP contribution is -2.30. The number of nitrogens with one attached hydrogen (secondary N) is 1. The first-order chi connectivity index (χ1) is 10.5. The Morgan fingerprint density at radius 2 is 2.14 bits per heavy atom. The van der Waals surface area contributed by atoms with Crippen molar-refractivity contribution in [3.05, 3.63) is 27.0 Å². The van der Waals surface area contributed by atoms with E-state index in [0.29, 0.717) is 35.5 Å². The van der Waals surface area contributed by atoms with Gasteiger partial charge in [0.2, 0.25) is 0 Å². The molecule has 1 aliphatic heterocycles. The fourth-order valence-electron chi connectivity index (χ4n) is 2.13. The maximum Gasteiger partial charge on any atom is 0.276 e. The Balaban J connectivity index is 2.38. The van der Waals surface area contributed by atoms with Gasteiger partial charge in [-0.15, -0.1) is 0 Å². The summed E-state index contributed by atoms with van der Waals surface area (Å²) in [6, 6.07) is 3.78. The molecule has 0 saturated carbocycles. The summed E-state index contributed by atoms with van der Waals surface area (Å²) in [5.74, 6) is 1.24. The number of halogens is 1. The van der Waals surface area contributed by atoms with E-state index >= 15 is 0 Å². The quantitative estimate of drug-likeness (QED) is 0.441. The van der Waals surface area contributed by atoms with Crippen LogP contribution in [-0.2, 0) is 4.79 Å². The molecule has 1 fully saturated rings. The first kappa shape index (κ1) is 17.0. The molecule has 1 aromatic carbocycles. The molecule has 0 spiro atoms. The lowest BCUT2D eigenvalue weighted by atomic mass is 10.1. The van der Waals surface area contributed by atoms with Gasteiger partial charge >= 0.3 is 0 Å². The van der Waals surface area contributed by atoms with Gasteiger partial charge in [-0.05, 0) is 72.4 Å². The van der Waals surface area contributed by atoms with Crippen LogP contribution in [-0.4, -0.2) is 36.2 Å². The third-order valence-corrected chi connectivity index (χ3v) is 4.25. The van der Waals surface area contributed by atoms with Crippen molar-refractivity contribution in [1.29, 1.82) is 0 Å². The van der Waals surface area contributed by atoms with Crippen molar-refractivity contribution in [2.75, 3.05) is 20.3 Å². The van der Waals surface area contributed by atoms with Gasteiger partial charge in [-0.3, -0.25) is 9.69 Å². The van der Waals surface area contributed by atoms with Gasteiger partial charge in [0.25, 0.3) is 5.91 Å². The van der Waals surface area contributed by atoms with E-state index in [0.717, 1.165) is 9.13 Å². The Hall–Kier alpha value is -1.35. The van der Waals surface area contributed by atoms with E-state index in [1.54, 1.807) is 13.2 Å². The Morgan fingerprint density at radius 3 is 2.68 bits per heavy atom. The third kappa shape index (κ3) is 3.35. The zero-order valence-corrected chi connectivity index (χ0v) is 15.6. The number of amides is 1. The van der Waals surface area contributed by atoms with Crippen LogP contribution < -0.4 is 14.8 Å². The Kier molecular flexibility index (Phi) is 5.63. The van der Waals surface area contributed by atoms with Crippen LogP contribution in [0.2, 0.25) is 0 Å². The molecule has 7 heteroatoms. The van der Waals surface area contributed by atoms with Gasteiger partial charge < -0.3 is 14.8 Å². The van der Waals surface area contributed by atoms with Crippen LogP contribution in [0.5, 0.6) is 11.5 Å². The van der Waals surface area contributed by atoms with E-state index in [-0.39, 0.29) is 5.91 Å². The predicted octanol–water partition coefficient (Wildman–Crippen LogP) is 2.78. The molecule has 118 valence electrons. The summed E-state index contributed by atoms with van der Waals surface area (Å²) in [5.41, 5.74) is 1.31. The van der Waals surface area contributed by atoms with E-state index in [1.807, 2.05) is 26.0 Å². The average molecular weight is 432 g/mol. The standard InChI is InChI=1S/C15H17IN2O3S/c1-4-18-14(19)11(17-15(18)22)7-9-6-10(16)13(21-5-2)12(8-9)20-3/h6-8H,4-5H2,1-3H3,(H,17,22)/b11-7-. The second-order valence-corrected chi connectivity index (χ2v) is 6.05. The summed E-state index contributed by atoms with van der Waals surface area (Å²) in [4.78, 5) is 13.7. The van der Waals surface area contributed by atoms with Crippen LogP contribution >= 0.6 is 34.8 Å². The number of rotatable bonds is 5. The second-order valence-electron chi connectivity index (χ2n) is 4.50. The number of methoxy groups -OCH3 is 1. The molecule has 1 aromatic rings. The lowest BCUT2D eigenvalue weighted by molar-refractivity contribution is -0.122. The summed E-state index contributed by atoms with van der Waals surface area (Å²) in [6.07, 6.45) is 1.77. The molecule has 5 nitrogen and oxygen atoms in total. The van der Waals surface area contributed by atoms with Gasteiger partial charge in [0.05, 0.1) is 17.3 Å². The molecule has 0 bridgehead atoms. The SMILES string of the molecule is CCOc1c(I)cc(/C=C2\NC(=S)N(CC)C2=O)cc1OC. The largest absolute Gasteiger partial charge is 0.493 e. The normalized spacial score (nSPS) is 16.2. The second kappa shape index (κ2) is 7.28. The summed E-state index contributed by atoms with van der Waals surface area (Å²) in [6.45, 7) is 4.92. The lowest BCUT2D eigenvalue weighted by Gasteiger charge is -2.12. The minimum Gasteiger partial charge on any atom is -0.493 e. The zero-order valence-electron chi connectivity index (χ0n) is 12.6. The Labute approximate surface area is 148 Å². The van der Waals surface area contributed by atoms with Crippen LogP contribution in [0.3, 0.4) is 0 Å². The molecule has 1 amide bonds. The molecular weight excluding hydrogens is 415 g/mol. The molecule has 1 aliphatic rings. The van der Waals surface area contributed by atoms with Gasteiger partial charge in [-0.2, -0.15) is 0 Å². The molecule has 22 heavy (non-hydrogen) atoms. The number of hydrogen-bond donors (Lipinski definition) is 1. The van der Waals surface area contributed by atoms with Gasteiger partial charge in [0.1, 0.15) is 5.70 Å². The van der Waals surface area contributed by atoms with Crippen LogP contribution in [0.1, 0.15) is 19.4 Å². The van der Waals surface area contributed by atoms with Crippen molar-refractivity contribution in [3.63, 3.8) is 0 Å². The summed E-state index contributed by atoms with van der Waals surface area (Å²) < 4.78 is 11.9. The maximum absolute atomic E-state index is 12.2. The fourth-order valence-corrected chi connectivity index (χ4v) is 3.24. The van der Waals surface area contributed by atoms with Gasteiger partial charge in [-0.1, -0.05) is 0 Å². The average Bonchev–Trinajstić information content (AvgIpc) is 2.75. The molecule has 1 heterocycles. The van der Waals surface area contributed by atoms with E-state index < -0.39 is 0 Å². The number of likely N-dealkylation sites (N-methyl/N-ethyl adjacent to an activating group) is 1. The highest BCUT2D eigenvalue weighted by Crippen LogP contribution is 2.34. The topological polar surface area (TPSA) is 50.8 Å². The van der Waals surface area contributed by atoms with Crippen LogP contribution in [0.4, 0.5) is 0 Å². The number of thiocarbonyl (C=S) groups is 1. The van der Waals surface area contributed by atoms with E-state index in [2.05, 4.69) is 27.9 Å². The van der Waals surface area contributed by atoms with Crippen LogP contribution in [0.25, 0.3) is 6.08 Å². The van der Waals surface area contributed by atoms with Crippen molar-refractivity contribution >= 4 is 51.9 Å². The number of hydrogen-bond acceptors (Lipinski definition) is 4. The molecule has 0 radical (unpaired) electrons. The Morgan fingerprint density at radius 1 is 1.41 bits per heavy atom. The molecule has 0 aromatic heterocycles. The monoisotopic (exact) mass is 432 g/mol. The number of carbonyl (C=O) groups is 1. The zero-order chi connectivity index (χ0) is 16.3. The highest BCUT2D eigenvalue weighted by molar-refractivity contribution is 14.1. The third-order valence-electron chi connectivity index (χ3n) is 3.13. The van der Waals surface area contributed by atoms with Crippen molar-refractivity contribution in [3.8, 4) is 11.5 Å². The van der Waals surface area contributed by atoms with Crippen molar-refractivity contribution in [2.24, 2.45) is 0 Å². The summed E-state index contributed by atoms with van der Waals surface area (Å²) in [5, 5.41) is 3.38. The summed E-state index contributed by atoms with van der Waals surface area (Å²) >= 11 is 7.34. The minimum atomic E-state index is -0.115. The smallest absolute Gasteiger partial charge is 0.276 e. The molecule has 2 rings (SSSR count). The van der Waals surface area contributed by atoms with Crippen molar-refractivity contribution < 1.29 is 14.3 Å². The molecule has 0 aliphatic carbocycles. The van der Waals surface area contributed by atoms with Crippen LogP contribution in [0, 0.1) is 3.57 Å². The van der Waals surface area contributed by atoms with E-state index in [9.17, 15) is 4.79 Å². The Bertz CT molecular complexity index is 646. The highest BCUT2D eigenvalue weighted by atomic mass is 127. The molecular formula is C15H17IN2O3S. The van der Waals surface area contributed by atoms with Gasteiger partial charge in [0, 0.05) is 6.54 Å². The number of nitrogens with zero attached hydrogens (tertiary/aromatic N) is 1.